The number of aryl methyl sites for hydroxylation is 1. The summed E-state index contributed by atoms with van der Waals surface area (Å²) in [6.07, 6.45) is 0. The van der Waals surface area contributed by atoms with E-state index in [0.29, 0.717) is 18.9 Å². The lowest BCUT2D eigenvalue weighted by Crippen LogP contribution is -2.16. The Hall–Kier alpha value is -2.36. The van der Waals surface area contributed by atoms with Gasteiger partial charge in [0.1, 0.15) is 13.2 Å². The summed E-state index contributed by atoms with van der Waals surface area (Å²) in [4.78, 5) is 0. The summed E-state index contributed by atoms with van der Waals surface area (Å²) in [5, 5.41) is 3.35. The maximum Gasteiger partial charge on any atom is 0.163 e. The minimum Gasteiger partial charge on any atom is -0.486 e. The van der Waals surface area contributed by atoms with Gasteiger partial charge in [-0.3, -0.25) is 0 Å². The number of hydrogen-bond donors (Lipinski definition) is 2. The van der Waals surface area contributed by atoms with Gasteiger partial charge in [-0.1, -0.05) is 29.8 Å². The number of fused-ring (bicyclic) bond motifs is 1. The zero-order valence-electron chi connectivity index (χ0n) is 11.5. The van der Waals surface area contributed by atoms with Crippen molar-refractivity contribution in [2.24, 2.45) is 0 Å². The van der Waals surface area contributed by atoms with Crippen molar-refractivity contribution in [3.8, 4) is 11.5 Å². The number of rotatable bonds is 3. The van der Waals surface area contributed by atoms with E-state index >= 15 is 0 Å². The van der Waals surface area contributed by atoms with Crippen LogP contribution in [0.5, 0.6) is 11.5 Å². The van der Waals surface area contributed by atoms with Gasteiger partial charge in [0.25, 0.3) is 0 Å². The summed E-state index contributed by atoms with van der Waals surface area (Å²) in [7, 11) is 0. The summed E-state index contributed by atoms with van der Waals surface area (Å²) < 4.78 is 11.1. The van der Waals surface area contributed by atoms with Gasteiger partial charge in [0.05, 0.1) is 11.4 Å². The van der Waals surface area contributed by atoms with Gasteiger partial charge >= 0.3 is 0 Å². The molecule has 0 aliphatic carbocycles. The topological polar surface area (TPSA) is 56.5 Å². The fourth-order valence-electron chi connectivity index (χ4n) is 2.28. The van der Waals surface area contributed by atoms with E-state index in [0.717, 1.165) is 23.7 Å². The highest BCUT2D eigenvalue weighted by Crippen LogP contribution is 2.37. The van der Waals surface area contributed by atoms with Gasteiger partial charge in [-0.05, 0) is 12.5 Å². The molecule has 2 aromatic rings. The molecule has 104 valence electrons. The van der Waals surface area contributed by atoms with Crippen LogP contribution in [0.1, 0.15) is 11.1 Å². The number of nitrogen functional groups attached to an aromatic ring is 1. The Kier molecular flexibility index (Phi) is 3.37. The molecule has 3 N–H and O–H groups in total. The van der Waals surface area contributed by atoms with Crippen molar-refractivity contribution >= 4 is 11.4 Å². The van der Waals surface area contributed by atoms with Crippen molar-refractivity contribution in [1.29, 1.82) is 0 Å². The van der Waals surface area contributed by atoms with E-state index in [9.17, 15) is 0 Å². The van der Waals surface area contributed by atoms with Crippen LogP contribution in [0, 0.1) is 6.92 Å². The molecule has 0 radical (unpaired) electrons. The van der Waals surface area contributed by atoms with Gasteiger partial charge in [0, 0.05) is 18.7 Å². The molecular formula is C16H18N2O2. The Morgan fingerprint density at radius 2 is 1.85 bits per heavy atom. The Morgan fingerprint density at radius 3 is 2.60 bits per heavy atom. The Labute approximate surface area is 118 Å². The van der Waals surface area contributed by atoms with E-state index in [4.69, 9.17) is 15.2 Å². The highest BCUT2D eigenvalue weighted by Gasteiger charge is 2.14. The lowest BCUT2D eigenvalue weighted by molar-refractivity contribution is 0.172. The molecule has 0 amide bonds. The predicted molar refractivity (Wildman–Crippen MR) is 80.4 cm³/mol. The van der Waals surface area contributed by atoms with E-state index in [1.54, 1.807) is 0 Å². The third-order valence-electron chi connectivity index (χ3n) is 3.28. The molecule has 0 atom stereocenters. The minimum absolute atomic E-state index is 0.572. The standard InChI is InChI=1S/C16H18N2O2/c1-11-3-2-4-12(7-11)10-18-14-9-16-15(8-13(14)17)19-5-6-20-16/h2-4,7-9,18H,5-6,10,17H2,1H3. The van der Waals surface area contributed by atoms with E-state index in [1.807, 2.05) is 12.1 Å². The highest BCUT2D eigenvalue weighted by atomic mass is 16.6. The van der Waals surface area contributed by atoms with Crippen molar-refractivity contribution < 1.29 is 9.47 Å². The van der Waals surface area contributed by atoms with Crippen LogP contribution >= 0.6 is 0 Å². The molecule has 2 aromatic carbocycles. The van der Waals surface area contributed by atoms with Gasteiger partial charge in [-0.2, -0.15) is 0 Å². The quantitative estimate of drug-likeness (QED) is 0.842. The van der Waals surface area contributed by atoms with Crippen LogP contribution in [-0.4, -0.2) is 13.2 Å². The molecule has 1 aliphatic rings. The van der Waals surface area contributed by atoms with Gasteiger partial charge in [-0.15, -0.1) is 0 Å². The van der Waals surface area contributed by atoms with Crippen molar-refractivity contribution in [3.63, 3.8) is 0 Å². The van der Waals surface area contributed by atoms with Crippen molar-refractivity contribution in [3.05, 3.63) is 47.5 Å². The molecule has 4 nitrogen and oxygen atoms in total. The van der Waals surface area contributed by atoms with Crippen LogP contribution in [0.2, 0.25) is 0 Å². The summed E-state index contributed by atoms with van der Waals surface area (Å²) in [5.74, 6) is 1.46. The molecule has 0 saturated heterocycles. The first-order valence-corrected chi connectivity index (χ1v) is 6.71. The molecule has 3 rings (SSSR count). The number of hydrogen-bond acceptors (Lipinski definition) is 4. The fraction of sp³-hybridized carbons (Fsp3) is 0.250. The van der Waals surface area contributed by atoms with Crippen LogP contribution in [-0.2, 0) is 6.54 Å². The van der Waals surface area contributed by atoms with Crippen LogP contribution in [0.3, 0.4) is 0 Å². The molecule has 1 aliphatic heterocycles. The molecule has 0 bridgehead atoms. The molecule has 1 heterocycles. The minimum atomic E-state index is 0.572. The fourth-order valence-corrected chi connectivity index (χ4v) is 2.28. The van der Waals surface area contributed by atoms with Crippen molar-refractivity contribution in [2.45, 2.75) is 13.5 Å². The SMILES string of the molecule is Cc1cccc(CNc2cc3c(cc2N)OCCO3)c1. The van der Waals surface area contributed by atoms with E-state index in [1.165, 1.54) is 11.1 Å². The van der Waals surface area contributed by atoms with Crippen LogP contribution < -0.4 is 20.5 Å². The number of ether oxygens (including phenoxy) is 2. The van der Waals surface area contributed by atoms with Gasteiger partial charge in [-0.25, -0.2) is 0 Å². The summed E-state index contributed by atoms with van der Waals surface area (Å²) in [6, 6.07) is 12.1. The number of benzene rings is 2. The van der Waals surface area contributed by atoms with Crippen LogP contribution in [0.15, 0.2) is 36.4 Å². The van der Waals surface area contributed by atoms with E-state index < -0.39 is 0 Å². The number of nitrogens with one attached hydrogen (secondary N) is 1. The normalized spacial score (nSPS) is 13.1. The predicted octanol–water partition coefficient (Wildman–Crippen LogP) is 2.96. The lowest BCUT2D eigenvalue weighted by atomic mass is 10.1. The number of nitrogens with two attached hydrogens (primary N) is 1. The van der Waals surface area contributed by atoms with Crippen LogP contribution in [0.4, 0.5) is 11.4 Å². The number of anilines is 2. The molecule has 4 heteroatoms. The molecule has 0 saturated carbocycles. The highest BCUT2D eigenvalue weighted by molar-refractivity contribution is 5.72. The Bertz CT molecular complexity index is 626. The molecule has 0 fully saturated rings. The summed E-state index contributed by atoms with van der Waals surface area (Å²) in [6.45, 7) is 3.96. The molecule has 0 spiro atoms. The van der Waals surface area contributed by atoms with Crippen molar-refractivity contribution in [1.82, 2.24) is 0 Å². The average molecular weight is 270 g/mol. The smallest absolute Gasteiger partial charge is 0.163 e. The van der Waals surface area contributed by atoms with Gasteiger partial charge in [0.15, 0.2) is 11.5 Å². The average Bonchev–Trinajstić information content (AvgIpc) is 2.45. The zero-order valence-corrected chi connectivity index (χ0v) is 11.5. The second kappa shape index (κ2) is 5.33. The van der Waals surface area contributed by atoms with Gasteiger partial charge in [0.2, 0.25) is 0 Å². The summed E-state index contributed by atoms with van der Waals surface area (Å²) in [5.41, 5.74) is 10.1. The Balaban J connectivity index is 1.77. The second-order valence-corrected chi connectivity index (χ2v) is 4.93. The molecule has 0 unspecified atom stereocenters. The lowest BCUT2D eigenvalue weighted by Gasteiger charge is -2.20. The largest absolute Gasteiger partial charge is 0.486 e. The first-order chi connectivity index (χ1) is 9.72. The third kappa shape index (κ3) is 2.64. The first kappa shape index (κ1) is 12.7. The van der Waals surface area contributed by atoms with Crippen LogP contribution in [0.25, 0.3) is 0 Å². The van der Waals surface area contributed by atoms with Crippen molar-refractivity contribution in [2.75, 3.05) is 24.3 Å². The zero-order chi connectivity index (χ0) is 13.9. The molecule has 0 aromatic heterocycles. The van der Waals surface area contributed by atoms with Gasteiger partial charge < -0.3 is 20.5 Å². The maximum absolute atomic E-state index is 6.04. The van der Waals surface area contributed by atoms with E-state index in [2.05, 4.69) is 36.5 Å². The monoisotopic (exact) mass is 270 g/mol. The molecule has 20 heavy (non-hydrogen) atoms. The first-order valence-electron chi connectivity index (χ1n) is 6.71. The second-order valence-electron chi connectivity index (χ2n) is 4.93. The maximum atomic E-state index is 6.04. The Morgan fingerprint density at radius 1 is 1.10 bits per heavy atom. The third-order valence-corrected chi connectivity index (χ3v) is 3.28. The molecular weight excluding hydrogens is 252 g/mol. The summed E-state index contributed by atoms with van der Waals surface area (Å²) >= 11 is 0. The van der Waals surface area contributed by atoms with E-state index in [-0.39, 0.29) is 0 Å².